The van der Waals surface area contributed by atoms with E-state index in [4.69, 9.17) is 9.84 Å². The Morgan fingerprint density at radius 2 is 2.14 bits per heavy atom. The summed E-state index contributed by atoms with van der Waals surface area (Å²) in [5.74, 6) is -1.16. The van der Waals surface area contributed by atoms with Crippen LogP contribution in [0, 0.1) is 0 Å². The highest BCUT2D eigenvalue weighted by Crippen LogP contribution is 2.35. The fraction of sp³-hybridized carbons (Fsp3) is 0.462. The van der Waals surface area contributed by atoms with Crippen molar-refractivity contribution in [1.82, 2.24) is 4.72 Å². The van der Waals surface area contributed by atoms with Gasteiger partial charge < -0.3 is 9.84 Å². The molecular formula is C13H14BrNO5S. The molecule has 1 aromatic carbocycles. The molecule has 114 valence electrons. The van der Waals surface area contributed by atoms with Gasteiger partial charge >= 0.3 is 5.97 Å². The van der Waals surface area contributed by atoms with Gasteiger partial charge in [-0.2, -0.15) is 0 Å². The molecule has 2 saturated heterocycles. The molecule has 0 aliphatic carbocycles. The van der Waals surface area contributed by atoms with E-state index >= 15 is 0 Å². The molecule has 2 fully saturated rings. The minimum atomic E-state index is -3.79. The van der Waals surface area contributed by atoms with E-state index in [1.165, 1.54) is 12.1 Å². The molecule has 0 spiro atoms. The number of halogens is 1. The minimum absolute atomic E-state index is 0.0647. The first kappa shape index (κ1) is 15.0. The van der Waals surface area contributed by atoms with Gasteiger partial charge in [-0.1, -0.05) is 0 Å². The number of ether oxygens (including phenoxy) is 1. The average Bonchev–Trinajstić information content (AvgIpc) is 3.00. The van der Waals surface area contributed by atoms with Gasteiger partial charge in [0.25, 0.3) is 0 Å². The lowest BCUT2D eigenvalue weighted by molar-refractivity contribution is 0.0696. The van der Waals surface area contributed by atoms with Crippen LogP contribution in [0.3, 0.4) is 0 Å². The maximum atomic E-state index is 12.5. The largest absolute Gasteiger partial charge is 0.478 e. The number of carboxylic acid groups (broad SMARTS) is 1. The summed E-state index contributed by atoms with van der Waals surface area (Å²) in [5, 5.41) is 8.99. The highest BCUT2D eigenvalue weighted by Gasteiger charge is 2.42. The summed E-state index contributed by atoms with van der Waals surface area (Å²) in [6, 6.07) is 3.69. The fourth-order valence-corrected chi connectivity index (χ4v) is 5.13. The number of carboxylic acids is 1. The van der Waals surface area contributed by atoms with Crippen molar-refractivity contribution in [2.75, 3.05) is 0 Å². The first-order valence-electron chi connectivity index (χ1n) is 6.57. The number of sulfonamides is 1. The van der Waals surface area contributed by atoms with E-state index in [1.807, 2.05) is 0 Å². The molecule has 3 unspecified atom stereocenters. The molecule has 8 heteroatoms. The van der Waals surface area contributed by atoms with E-state index in [9.17, 15) is 13.2 Å². The van der Waals surface area contributed by atoms with Gasteiger partial charge in [-0.25, -0.2) is 17.9 Å². The van der Waals surface area contributed by atoms with E-state index in [2.05, 4.69) is 20.7 Å². The van der Waals surface area contributed by atoms with Gasteiger partial charge in [0.15, 0.2) is 0 Å². The van der Waals surface area contributed by atoms with Crippen LogP contribution in [0.25, 0.3) is 0 Å². The smallest absolute Gasteiger partial charge is 0.335 e. The fourth-order valence-electron chi connectivity index (χ4n) is 2.87. The van der Waals surface area contributed by atoms with Crippen molar-refractivity contribution < 1.29 is 23.1 Å². The second-order valence-corrected chi connectivity index (χ2v) is 7.82. The standard InChI is InChI=1S/C13H14BrNO5S/c14-9-3-1-7(13(16)17)5-12(9)21(18,19)15-10-6-8-2-4-11(10)20-8/h1,3,5,8,10-11,15H,2,4,6H2,(H,16,17). The predicted molar refractivity (Wildman–Crippen MR) is 77.7 cm³/mol. The zero-order chi connectivity index (χ0) is 15.2. The normalized spacial score (nSPS) is 28.0. The lowest BCUT2D eigenvalue weighted by Crippen LogP contribution is -2.41. The van der Waals surface area contributed by atoms with Crippen LogP contribution in [0.5, 0.6) is 0 Å². The van der Waals surface area contributed by atoms with Crippen LogP contribution in [0.1, 0.15) is 29.6 Å². The van der Waals surface area contributed by atoms with Crippen molar-refractivity contribution in [3.05, 3.63) is 28.2 Å². The highest BCUT2D eigenvalue weighted by atomic mass is 79.9. The Morgan fingerprint density at radius 1 is 1.38 bits per heavy atom. The molecule has 1 aromatic rings. The third-order valence-corrected chi connectivity index (χ3v) is 6.36. The summed E-state index contributed by atoms with van der Waals surface area (Å²) in [7, 11) is -3.79. The van der Waals surface area contributed by atoms with Crippen LogP contribution in [-0.4, -0.2) is 37.7 Å². The van der Waals surface area contributed by atoms with E-state index in [1.54, 1.807) is 0 Å². The van der Waals surface area contributed by atoms with Gasteiger partial charge in [-0.3, -0.25) is 0 Å². The molecule has 6 nitrogen and oxygen atoms in total. The quantitative estimate of drug-likeness (QED) is 0.835. The van der Waals surface area contributed by atoms with E-state index < -0.39 is 16.0 Å². The number of fused-ring (bicyclic) bond motifs is 2. The first-order chi connectivity index (χ1) is 9.87. The molecular weight excluding hydrogens is 362 g/mol. The van der Waals surface area contributed by atoms with Gasteiger partial charge in [0.05, 0.1) is 28.7 Å². The zero-order valence-electron chi connectivity index (χ0n) is 11.0. The van der Waals surface area contributed by atoms with Gasteiger partial charge in [0.2, 0.25) is 10.0 Å². The third-order valence-electron chi connectivity index (χ3n) is 3.88. The second-order valence-electron chi connectivity index (χ2n) is 5.29. The Labute approximate surface area is 130 Å². The molecule has 2 heterocycles. The zero-order valence-corrected chi connectivity index (χ0v) is 13.4. The van der Waals surface area contributed by atoms with Gasteiger partial charge in [-0.05, 0) is 53.4 Å². The molecule has 2 bridgehead atoms. The van der Waals surface area contributed by atoms with Crippen molar-refractivity contribution in [3.8, 4) is 0 Å². The lowest BCUT2D eigenvalue weighted by atomic mass is 9.96. The summed E-state index contributed by atoms with van der Waals surface area (Å²) in [5.41, 5.74) is -0.0669. The van der Waals surface area contributed by atoms with Crippen LogP contribution >= 0.6 is 15.9 Å². The Balaban J connectivity index is 1.88. The maximum absolute atomic E-state index is 12.5. The Bertz CT molecular complexity index is 690. The number of nitrogens with one attached hydrogen (secondary N) is 1. The third kappa shape index (κ3) is 2.85. The van der Waals surface area contributed by atoms with Crippen molar-refractivity contribution in [1.29, 1.82) is 0 Å². The topological polar surface area (TPSA) is 92.7 Å². The molecule has 3 atom stereocenters. The lowest BCUT2D eigenvalue weighted by Gasteiger charge is -2.20. The molecule has 3 rings (SSSR count). The van der Waals surface area contributed by atoms with Crippen molar-refractivity contribution >= 4 is 31.9 Å². The van der Waals surface area contributed by atoms with Crippen LogP contribution in [0.2, 0.25) is 0 Å². The summed E-state index contributed by atoms with van der Waals surface area (Å²) in [6.45, 7) is 0. The number of aromatic carboxylic acids is 1. The molecule has 0 amide bonds. The van der Waals surface area contributed by atoms with Crippen LogP contribution in [-0.2, 0) is 14.8 Å². The van der Waals surface area contributed by atoms with Crippen LogP contribution in [0.4, 0.5) is 0 Å². The van der Waals surface area contributed by atoms with Gasteiger partial charge in [0, 0.05) is 4.47 Å². The summed E-state index contributed by atoms with van der Waals surface area (Å²) in [4.78, 5) is 10.9. The maximum Gasteiger partial charge on any atom is 0.335 e. The minimum Gasteiger partial charge on any atom is -0.478 e. The Morgan fingerprint density at radius 3 is 2.71 bits per heavy atom. The first-order valence-corrected chi connectivity index (χ1v) is 8.85. The molecule has 0 aromatic heterocycles. The van der Waals surface area contributed by atoms with E-state index in [-0.39, 0.29) is 28.7 Å². The second kappa shape index (κ2) is 5.35. The molecule has 0 radical (unpaired) electrons. The average molecular weight is 376 g/mol. The number of carbonyl (C=O) groups is 1. The molecule has 2 aliphatic heterocycles. The van der Waals surface area contributed by atoms with Gasteiger partial charge in [0.1, 0.15) is 0 Å². The summed E-state index contributed by atoms with van der Waals surface area (Å²) >= 11 is 3.16. The summed E-state index contributed by atoms with van der Waals surface area (Å²) in [6.07, 6.45) is 2.55. The predicted octanol–water partition coefficient (Wildman–Crippen LogP) is 1.75. The summed E-state index contributed by atoms with van der Waals surface area (Å²) < 4.78 is 33.5. The molecule has 2 N–H and O–H groups in total. The van der Waals surface area contributed by atoms with Crippen molar-refractivity contribution in [3.63, 3.8) is 0 Å². The van der Waals surface area contributed by atoms with Gasteiger partial charge in [-0.15, -0.1) is 0 Å². The molecule has 21 heavy (non-hydrogen) atoms. The van der Waals surface area contributed by atoms with Crippen LogP contribution < -0.4 is 4.72 Å². The molecule has 2 aliphatic rings. The highest BCUT2D eigenvalue weighted by molar-refractivity contribution is 9.10. The SMILES string of the molecule is O=C(O)c1ccc(Br)c(S(=O)(=O)NC2CC3CCC2O3)c1. The van der Waals surface area contributed by atoms with E-state index in [0.717, 1.165) is 18.9 Å². The van der Waals surface area contributed by atoms with Crippen molar-refractivity contribution in [2.24, 2.45) is 0 Å². The van der Waals surface area contributed by atoms with Crippen LogP contribution in [0.15, 0.2) is 27.6 Å². The number of benzene rings is 1. The number of hydrogen-bond donors (Lipinski definition) is 2. The molecule has 0 saturated carbocycles. The number of rotatable bonds is 4. The monoisotopic (exact) mass is 375 g/mol. The Kier molecular flexibility index (Phi) is 3.81. The number of hydrogen-bond acceptors (Lipinski definition) is 4. The van der Waals surface area contributed by atoms with Crippen molar-refractivity contribution in [2.45, 2.75) is 42.4 Å². The Hall–Kier alpha value is -0.960. The van der Waals surface area contributed by atoms with E-state index in [0.29, 0.717) is 10.9 Å².